The van der Waals surface area contributed by atoms with Crippen LogP contribution in [0.4, 0.5) is 5.69 Å². The maximum Gasteiger partial charge on any atom is 0.419 e. The maximum atomic E-state index is 13.4. The first-order valence-corrected chi connectivity index (χ1v) is 14.7. The second-order valence-electron chi connectivity index (χ2n) is 9.11. The molecule has 0 spiro atoms. The van der Waals surface area contributed by atoms with Crippen LogP contribution in [0.3, 0.4) is 0 Å². The lowest BCUT2D eigenvalue weighted by Crippen LogP contribution is -2.55. The molecule has 1 saturated heterocycles. The maximum absolute atomic E-state index is 13.4. The largest absolute Gasteiger partial charge is 0.419 e. The minimum Gasteiger partial charge on any atom is -0.408 e. The van der Waals surface area contributed by atoms with Crippen molar-refractivity contribution in [1.29, 1.82) is 0 Å². The van der Waals surface area contributed by atoms with Gasteiger partial charge >= 0.3 is 5.76 Å². The zero-order chi connectivity index (χ0) is 26.0. The molecule has 3 aromatic rings. The van der Waals surface area contributed by atoms with Crippen LogP contribution < -0.4 is 15.4 Å². The predicted octanol–water partition coefficient (Wildman–Crippen LogP) is 2.50. The van der Waals surface area contributed by atoms with Crippen molar-refractivity contribution in [2.45, 2.75) is 31.2 Å². The molecule has 36 heavy (non-hydrogen) atoms. The van der Waals surface area contributed by atoms with Crippen molar-refractivity contribution < 1.29 is 17.6 Å². The fourth-order valence-corrected chi connectivity index (χ4v) is 6.16. The van der Waals surface area contributed by atoms with Crippen molar-refractivity contribution >= 4 is 44.5 Å². The summed E-state index contributed by atoms with van der Waals surface area (Å²) in [7, 11) is -2.47. The average Bonchev–Trinajstić information content (AvgIpc) is 3.15. The Morgan fingerprint density at radius 1 is 1.11 bits per heavy atom. The number of hydrogen-bond donors (Lipinski definition) is 1. The van der Waals surface area contributed by atoms with Gasteiger partial charge < -0.3 is 14.2 Å². The number of oxazole rings is 1. The minimum atomic E-state index is -4.02. The number of carbonyl (C=O) groups is 1. The summed E-state index contributed by atoms with van der Waals surface area (Å²) < 4.78 is 35.5. The van der Waals surface area contributed by atoms with Crippen molar-refractivity contribution in [3.8, 4) is 0 Å². The van der Waals surface area contributed by atoms with E-state index in [4.69, 9.17) is 4.42 Å². The standard InChI is InChI=1S/C25H32N4O5S2/c1-17-5-6-18(2)22(15-17)28-10-12-29(13-11-28)24(30)20(9-14-35-4)26-36(32,33)19-7-8-21-23(16-19)34-25(31)27(21)3/h5-8,15-16,20,26H,9-14H2,1-4H3/t20-/m0/s1. The van der Waals surface area contributed by atoms with Crippen LogP contribution in [0, 0.1) is 13.8 Å². The number of rotatable bonds is 8. The number of hydrogen-bond acceptors (Lipinski definition) is 7. The summed E-state index contributed by atoms with van der Waals surface area (Å²) in [4.78, 5) is 29.2. The van der Waals surface area contributed by atoms with E-state index in [1.807, 2.05) is 6.26 Å². The Morgan fingerprint density at radius 3 is 2.53 bits per heavy atom. The Balaban J connectivity index is 1.49. The van der Waals surface area contributed by atoms with Crippen molar-refractivity contribution in [1.82, 2.24) is 14.2 Å². The van der Waals surface area contributed by atoms with Crippen molar-refractivity contribution in [3.05, 3.63) is 58.1 Å². The second kappa shape index (κ2) is 10.7. The minimum absolute atomic E-state index is 0.0500. The monoisotopic (exact) mass is 532 g/mol. The molecule has 0 unspecified atom stereocenters. The van der Waals surface area contributed by atoms with Crippen LogP contribution in [0.25, 0.3) is 11.1 Å². The number of aryl methyl sites for hydroxylation is 3. The third kappa shape index (κ3) is 5.47. The van der Waals surface area contributed by atoms with Crippen LogP contribution in [-0.2, 0) is 21.9 Å². The van der Waals surface area contributed by atoms with E-state index in [1.165, 1.54) is 39.6 Å². The summed E-state index contributed by atoms with van der Waals surface area (Å²) in [6, 6.07) is 9.73. The highest BCUT2D eigenvalue weighted by Crippen LogP contribution is 2.24. The van der Waals surface area contributed by atoms with E-state index < -0.39 is 21.8 Å². The number of piperazine rings is 1. The third-order valence-electron chi connectivity index (χ3n) is 6.58. The molecule has 2 aromatic carbocycles. The van der Waals surface area contributed by atoms with Gasteiger partial charge in [-0.15, -0.1) is 0 Å². The van der Waals surface area contributed by atoms with Gasteiger partial charge in [0, 0.05) is 45.0 Å². The molecule has 1 atom stereocenters. The van der Waals surface area contributed by atoms with Crippen molar-refractivity contribution in [2.75, 3.05) is 43.1 Å². The molecule has 11 heteroatoms. The molecular formula is C25H32N4O5S2. The number of benzene rings is 2. The van der Waals surface area contributed by atoms with Crippen LogP contribution in [0.2, 0.25) is 0 Å². The highest BCUT2D eigenvalue weighted by molar-refractivity contribution is 7.98. The molecule has 1 aliphatic rings. The Bertz CT molecular complexity index is 1420. The number of nitrogens with one attached hydrogen (secondary N) is 1. The lowest BCUT2D eigenvalue weighted by atomic mass is 10.1. The zero-order valence-corrected chi connectivity index (χ0v) is 22.6. The van der Waals surface area contributed by atoms with Gasteiger partial charge in [-0.1, -0.05) is 12.1 Å². The molecule has 4 rings (SSSR count). The average molecular weight is 533 g/mol. The number of anilines is 1. The van der Waals surface area contributed by atoms with E-state index in [2.05, 4.69) is 41.7 Å². The third-order valence-corrected chi connectivity index (χ3v) is 8.69. The molecular weight excluding hydrogens is 500 g/mol. The molecule has 1 aliphatic heterocycles. The van der Waals surface area contributed by atoms with Gasteiger partial charge in [0.25, 0.3) is 0 Å². The highest BCUT2D eigenvalue weighted by atomic mass is 32.2. The summed E-state index contributed by atoms with van der Waals surface area (Å²) >= 11 is 1.56. The first-order chi connectivity index (χ1) is 17.1. The number of amides is 1. The van der Waals surface area contributed by atoms with Crippen LogP contribution in [0.1, 0.15) is 17.5 Å². The topological polar surface area (TPSA) is 105 Å². The van der Waals surface area contributed by atoms with Crippen molar-refractivity contribution in [2.24, 2.45) is 7.05 Å². The fraction of sp³-hybridized carbons (Fsp3) is 0.440. The van der Waals surface area contributed by atoms with Gasteiger partial charge in [0.15, 0.2) is 5.58 Å². The Labute approximate surface area is 215 Å². The molecule has 1 amide bonds. The normalized spacial score (nSPS) is 15.4. The van der Waals surface area contributed by atoms with E-state index >= 15 is 0 Å². The van der Waals surface area contributed by atoms with E-state index in [0.717, 1.165) is 0 Å². The SMILES string of the molecule is CSCC[C@H](NS(=O)(=O)c1ccc2c(c1)oc(=O)n2C)C(=O)N1CCN(c2cc(C)ccc2C)CC1. The molecule has 2 heterocycles. The Hall–Kier alpha value is -2.76. The molecule has 194 valence electrons. The van der Waals surface area contributed by atoms with Gasteiger partial charge in [-0.25, -0.2) is 13.2 Å². The summed E-state index contributed by atoms with van der Waals surface area (Å²) in [5.74, 6) is -0.158. The van der Waals surface area contributed by atoms with Crippen LogP contribution >= 0.6 is 11.8 Å². The first-order valence-electron chi connectivity index (χ1n) is 11.8. The second-order valence-corrected chi connectivity index (χ2v) is 11.8. The van der Waals surface area contributed by atoms with Gasteiger partial charge in [-0.2, -0.15) is 16.5 Å². The molecule has 0 bridgehead atoms. The van der Waals surface area contributed by atoms with Gasteiger partial charge in [0.1, 0.15) is 6.04 Å². The summed E-state index contributed by atoms with van der Waals surface area (Å²) in [5, 5.41) is 0. The molecule has 1 aromatic heterocycles. The Morgan fingerprint density at radius 2 is 1.83 bits per heavy atom. The van der Waals surface area contributed by atoms with Crippen LogP contribution in [0.5, 0.6) is 0 Å². The number of thioether (sulfide) groups is 1. The first kappa shape index (κ1) is 26.3. The fourth-order valence-electron chi connectivity index (χ4n) is 4.45. The van der Waals surface area contributed by atoms with Crippen LogP contribution in [-0.4, -0.2) is 68.0 Å². The molecule has 9 nitrogen and oxygen atoms in total. The van der Waals surface area contributed by atoms with Gasteiger partial charge in [-0.3, -0.25) is 9.36 Å². The zero-order valence-electron chi connectivity index (χ0n) is 21.0. The summed E-state index contributed by atoms with van der Waals surface area (Å²) in [6.07, 6.45) is 2.30. The highest BCUT2D eigenvalue weighted by Gasteiger charge is 2.31. The Kier molecular flexibility index (Phi) is 7.82. The number of nitrogens with zero attached hydrogens (tertiary/aromatic N) is 3. The lowest BCUT2D eigenvalue weighted by molar-refractivity contribution is -0.133. The summed E-state index contributed by atoms with van der Waals surface area (Å²) in [6.45, 7) is 6.55. The van der Waals surface area contributed by atoms with Gasteiger partial charge in [-0.05, 0) is 61.6 Å². The number of sulfonamides is 1. The lowest BCUT2D eigenvalue weighted by Gasteiger charge is -2.38. The smallest absolute Gasteiger partial charge is 0.408 e. The molecule has 1 N–H and O–H groups in total. The van der Waals surface area contributed by atoms with E-state index in [1.54, 1.807) is 23.7 Å². The molecule has 0 aliphatic carbocycles. The predicted molar refractivity (Wildman–Crippen MR) is 143 cm³/mol. The van der Waals surface area contributed by atoms with E-state index in [9.17, 15) is 18.0 Å². The molecule has 0 radical (unpaired) electrons. The van der Waals surface area contributed by atoms with E-state index in [-0.39, 0.29) is 16.4 Å². The van der Waals surface area contributed by atoms with Gasteiger partial charge in [0.05, 0.1) is 10.4 Å². The number of aromatic nitrogens is 1. The number of carbonyl (C=O) groups excluding carboxylic acids is 1. The molecule has 1 fully saturated rings. The summed E-state index contributed by atoms with van der Waals surface area (Å²) in [5.41, 5.74) is 4.23. The molecule has 0 saturated carbocycles. The van der Waals surface area contributed by atoms with Gasteiger partial charge in [0.2, 0.25) is 15.9 Å². The van der Waals surface area contributed by atoms with E-state index in [0.29, 0.717) is 43.9 Å². The van der Waals surface area contributed by atoms with Crippen LogP contribution in [0.15, 0.2) is 50.5 Å². The number of fused-ring (bicyclic) bond motifs is 1. The van der Waals surface area contributed by atoms with Crippen molar-refractivity contribution in [3.63, 3.8) is 0 Å². The quantitative estimate of drug-likeness (QED) is 0.475.